The van der Waals surface area contributed by atoms with Crippen LogP contribution in [0.5, 0.6) is 0 Å². The lowest BCUT2D eigenvalue weighted by atomic mass is 10.1. The summed E-state index contributed by atoms with van der Waals surface area (Å²) in [5, 5.41) is 2.86. The van der Waals surface area contributed by atoms with Gasteiger partial charge in [0.2, 0.25) is 15.9 Å². The molecule has 23 heavy (non-hydrogen) atoms. The van der Waals surface area contributed by atoms with Gasteiger partial charge < -0.3 is 5.32 Å². The van der Waals surface area contributed by atoms with Crippen LogP contribution in [0.4, 0.5) is 5.69 Å². The second kappa shape index (κ2) is 6.93. The molecule has 2 rings (SSSR count). The van der Waals surface area contributed by atoms with Crippen LogP contribution in [-0.2, 0) is 21.2 Å². The molecule has 0 unspecified atom stereocenters. The summed E-state index contributed by atoms with van der Waals surface area (Å²) in [6.07, 6.45) is 0.191. The summed E-state index contributed by atoms with van der Waals surface area (Å²) >= 11 is 0. The summed E-state index contributed by atoms with van der Waals surface area (Å²) in [6, 6.07) is 13.9. The Kier molecular flexibility index (Phi) is 5.18. The van der Waals surface area contributed by atoms with E-state index in [0.29, 0.717) is 0 Å². The van der Waals surface area contributed by atoms with Gasteiger partial charge in [-0.25, -0.2) is 12.7 Å². The fourth-order valence-electron chi connectivity index (χ4n) is 2.08. The van der Waals surface area contributed by atoms with Crippen molar-refractivity contribution in [1.82, 2.24) is 4.31 Å². The highest BCUT2D eigenvalue weighted by molar-refractivity contribution is 7.89. The molecule has 1 N–H and O–H groups in total. The van der Waals surface area contributed by atoms with Gasteiger partial charge in [0.25, 0.3) is 0 Å². The fraction of sp³-hybridized carbons (Fsp3) is 0.235. The third kappa shape index (κ3) is 4.18. The number of carbonyl (C=O) groups is 1. The Labute approximate surface area is 137 Å². The highest BCUT2D eigenvalue weighted by Gasteiger charge is 2.16. The molecule has 2 aromatic carbocycles. The molecule has 0 saturated carbocycles. The van der Waals surface area contributed by atoms with Gasteiger partial charge in [-0.2, -0.15) is 0 Å². The van der Waals surface area contributed by atoms with Crippen LogP contribution >= 0.6 is 0 Å². The normalized spacial score (nSPS) is 11.5. The van der Waals surface area contributed by atoms with Gasteiger partial charge in [0.05, 0.1) is 11.3 Å². The Morgan fingerprint density at radius 3 is 2.22 bits per heavy atom. The molecule has 0 bridgehead atoms. The molecule has 0 aliphatic heterocycles. The van der Waals surface area contributed by atoms with Gasteiger partial charge in [-0.15, -0.1) is 0 Å². The zero-order chi connectivity index (χ0) is 17.0. The van der Waals surface area contributed by atoms with E-state index in [9.17, 15) is 13.2 Å². The summed E-state index contributed by atoms with van der Waals surface area (Å²) in [7, 11) is -0.474. The van der Waals surface area contributed by atoms with E-state index in [0.717, 1.165) is 21.1 Å². The van der Waals surface area contributed by atoms with Gasteiger partial charge in [-0.05, 0) is 36.2 Å². The van der Waals surface area contributed by atoms with E-state index in [1.54, 1.807) is 12.1 Å². The van der Waals surface area contributed by atoms with Crippen molar-refractivity contribution < 1.29 is 13.2 Å². The zero-order valence-corrected chi connectivity index (χ0v) is 14.2. The third-order valence-corrected chi connectivity index (χ3v) is 5.32. The molecular formula is C17H20N2O3S. The molecule has 5 nitrogen and oxygen atoms in total. The maximum atomic E-state index is 12.1. The number of aryl methyl sites for hydroxylation is 1. The molecule has 0 radical (unpaired) electrons. The zero-order valence-electron chi connectivity index (χ0n) is 13.4. The van der Waals surface area contributed by atoms with Crippen LogP contribution in [0.1, 0.15) is 11.1 Å². The van der Waals surface area contributed by atoms with Gasteiger partial charge in [0, 0.05) is 19.8 Å². The molecule has 0 atom stereocenters. The first-order valence-corrected chi connectivity index (χ1v) is 8.61. The maximum Gasteiger partial charge on any atom is 0.242 e. The summed E-state index contributed by atoms with van der Waals surface area (Å²) in [5.74, 6) is -0.137. The predicted octanol–water partition coefficient (Wildman–Crippen LogP) is 2.43. The number of hydrogen-bond donors (Lipinski definition) is 1. The van der Waals surface area contributed by atoms with E-state index in [4.69, 9.17) is 0 Å². The molecule has 2 aromatic rings. The SMILES string of the molecule is Cc1ccccc1NC(=O)Cc1ccc(S(=O)(=O)N(C)C)cc1. The fourth-order valence-corrected chi connectivity index (χ4v) is 2.98. The lowest BCUT2D eigenvalue weighted by molar-refractivity contribution is -0.115. The number of carbonyl (C=O) groups excluding carboxylic acids is 1. The van der Waals surface area contributed by atoms with E-state index >= 15 is 0 Å². The number of anilines is 1. The molecule has 0 fully saturated rings. The second-order valence-corrected chi connectivity index (χ2v) is 7.62. The molecule has 0 heterocycles. The molecular weight excluding hydrogens is 312 g/mol. The number of para-hydroxylation sites is 1. The number of rotatable bonds is 5. The lowest BCUT2D eigenvalue weighted by Crippen LogP contribution is -2.22. The molecule has 0 aliphatic carbocycles. The van der Waals surface area contributed by atoms with Crippen molar-refractivity contribution in [1.29, 1.82) is 0 Å². The number of sulfonamides is 1. The van der Waals surface area contributed by atoms with Crippen LogP contribution in [0.25, 0.3) is 0 Å². The maximum absolute atomic E-state index is 12.1. The quantitative estimate of drug-likeness (QED) is 0.914. The smallest absolute Gasteiger partial charge is 0.242 e. The van der Waals surface area contributed by atoms with Crippen molar-refractivity contribution >= 4 is 21.6 Å². The first-order chi connectivity index (χ1) is 10.8. The first kappa shape index (κ1) is 17.2. The molecule has 0 saturated heterocycles. The number of benzene rings is 2. The molecule has 0 aromatic heterocycles. The van der Waals surface area contributed by atoms with Crippen LogP contribution in [0.2, 0.25) is 0 Å². The van der Waals surface area contributed by atoms with E-state index in [1.165, 1.54) is 26.2 Å². The van der Waals surface area contributed by atoms with Crippen LogP contribution in [0, 0.1) is 6.92 Å². The largest absolute Gasteiger partial charge is 0.326 e. The molecule has 122 valence electrons. The average molecular weight is 332 g/mol. The van der Waals surface area contributed by atoms with Crippen molar-refractivity contribution in [2.45, 2.75) is 18.2 Å². The average Bonchev–Trinajstić information content (AvgIpc) is 2.50. The monoisotopic (exact) mass is 332 g/mol. The van der Waals surface area contributed by atoms with Crippen LogP contribution < -0.4 is 5.32 Å². The van der Waals surface area contributed by atoms with E-state index in [2.05, 4.69) is 5.32 Å². The van der Waals surface area contributed by atoms with E-state index in [-0.39, 0.29) is 17.2 Å². The van der Waals surface area contributed by atoms with E-state index < -0.39 is 10.0 Å². The van der Waals surface area contributed by atoms with Crippen molar-refractivity contribution in [3.8, 4) is 0 Å². The molecule has 0 aliphatic rings. The highest BCUT2D eigenvalue weighted by Crippen LogP contribution is 2.16. The van der Waals surface area contributed by atoms with Gasteiger partial charge in [0.15, 0.2) is 0 Å². The summed E-state index contributed by atoms with van der Waals surface area (Å²) in [5.41, 5.74) is 2.53. The Bertz CT molecular complexity index is 797. The highest BCUT2D eigenvalue weighted by atomic mass is 32.2. The topological polar surface area (TPSA) is 66.5 Å². The van der Waals surface area contributed by atoms with Gasteiger partial charge in [0.1, 0.15) is 0 Å². The predicted molar refractivity (Wildman–Crippen MR) is 90.8 cm³/mol. The van der Waals surface area contributed by atoms with Gasteiger partial charge in [-0.1, -0.05) is 30.3 Å². The molecule has 6 heteroatoms. The number of nitrogens with one attached hydrogen (secondary N) is 1. The standard InChI is InChI=1S/C17H20N2O3S/c1-13-6-4-5-7-16(13)18-17(20)12-14-8-10-15(11-9-14)23(21,22)19(2)3/h4-11H,12H2,1-3H3,(H,18,20). The minimum absolute atomic E-state index is 0.137. The van der Waals surface area contributed by atoms with Crippen LogP contribution in [0.15, 0.2) is 53.4 Å². The lowest BCUT2D eigenvalue weighted by Gasteiger charge is -2.12. The first-order valence-electron chi connectivity index (χ1n) is 7.17. The number of amides is 1. The Morgan fingerprint density at radius 1 is 1.04 bits per heavy atom. The minimum atomic E-state index is -3.44. The van der Waals surface area contributed by atoms with Crippen molar-refractivity contribution in [3.05, 3.63) is 59.7 Å². The Balaban J connectivity index is 2.07. The Morgan fingerprint density at radius 2 is 1.65 bits per heavy atom. The van der Waals surface area contributed by atoms with Crippen LogP contribution in [-0.4, -0.2) is 32.7 Å². The van der Waals surface area contributed by atoms with Gasteiger partial charge >= 0.3 is 0 Å². The van der Waals surface area contributed by atoms with Crippen LogP contribution in [0.3, 0.4) is 0 Å². The third-order valence-electron chi connectivity index (χ3n) is 3.49. The van der Waals surface area contributed by atoms with Crippen molar-refractivity contribution in [2.75, 3.05) is 19.4 Å². The number of hydrogen-bond acceptors (Lipinski definition) is 3. The Hall–Kier alpha value is -2.18. The summed E-state index contributed by atoms with van der Waals surface area (Å²) in [4.78, 5) is 12.3. The minimum Gasteiger partial charge on any atom is -0.326 e. The van der Waals surface area contributed by atoms with Gasteiger partial charge in [-0.3, -0.25) is 4.79 Å². The van der Waals surface area contributed by atoms with E-state index in [1.807, 2.05) is 31.2 Å². The summed E-state index contributed by atoms with van der Waals surface area (Å²) in [6.45, 7) is 1.93. The second-order valence-electron chi connectivity index (χ2n) is 5.47. The van der Waals surface area contributed by atoms with Crippen molar-refractivity contribution in [2.24, 2.45) is 0 Å². The number of nitrogens with zero attached hydrogens (tertiary/aromatic N) is 1. The summed E-state index contributed by atoms with van der Waals surface area (Å²) < 4.78 is 25.1. The molecule has 1 amide bonds. The van der Waals surface area contributed by atoms with Crippen molar-refractivity contribution in [3.63, 3.8) is 0 Å². The molecule has 0 spiro atoms.